The number of rotatable bonds is 3. The zero-order valence-electron chi connectivity index (χ0n) is 11.3. The Morgan fingerprint density at radius 2 is 2.10 bits per heavy atom. The van der Waals surface area contributed by atoms with Gasteiger partial charge in [0.2, 0.25) is 5.91 Å². The Kier molecular flexibility index (Phi) is 4.22. The summed E-state index contributed by atoms with van der Waals surface area (Å²) < 4.78 is 43.8. The molecule has 1 aliphatic carbocycles. The summed E-state index contributed by atoms with van der Waals surface area (Å²) in [5, 5.41) is 2.31. The van der Waals surface area contributed by atoms with Gasteiger partial charge in [-0.1, -0.05) is 12.2 Å². The van der Waals surface area contributed by atoms with E-state index >= 15 is 0 Å². The Labute approximate surface area is 119 Å². The molecule has 0 fully saturated rings. The molecular formula is C14H15F3N2O2. The van der Waals surface area contributed by atoms with Crippen LogP contribution in [-0.4, -0.2) is 19.1 Å². The van der Waals surface area contributed by atoms with E-state index in [0.29, 0.717) is 6.42 Å². The van der Waals surface area contributed by atoms with E-state index in [1.54, 1.807) is 12.2 Å². The molecule has 0 aromatic heterocycles. The highest BCUT2D eigenvalue weighted by Gasteiger charge is 2.35. The molecule has 0 saturated heterocycles. The molecule has 114 valence electrons. The van der Waals surface area contributed by atoms with Crippen molar-refractivity contribution in [2.24, 2.45) is 11.7 Å². The number of carbonyl (C=O) groups excluding carboxylic acids is 1. The molecule has 21 heavy (non-hydrogen) atoms. The second-order valence-electron chi connectivity index (χ2n) is 4.79. The van der Waals surface area contributed by atoms with Crippen LogP contribution in [0.5, 0.6) is 5.75 Å². The highest BCUT2D eigenvalue weighted by atomic mass is 19.4. The molecule has 1 aliphatic rings. The van der Waals surface area contributed by atoms with E-state index in [1.165, 1.54) is 19.2 Å². The van der Waals surface area contributed by atoms with E-state index < -0.39 is 23.6 Å². The summed E-state index contributed by atoms with van der Waals surface area (Å²) in [5.41, 5.74) is 4.40. The minimum Gasteiger partial charge on any atom is -0.497 e. The van der Waals surface area contributed by atoms with Crippen LogP contribution >= 0.6 is 0 Å². The van der Waals surface area contributed by atoms with Crippen LogP contribution in [0.3, 0.4) is 0 Å². The normalized spacial score (nSPS) is 21.4. The highest BCUT2D eigenvalue weighted by molar-refractivity contribution is 5.95. The number of carbonyl (C=O) groups is 1. The Hall–Kier alpha value is -2.02. The Morgan fingerprint density at radius 1 is 1.38 bits per heavy atom. The van der Waals surface area contributed by atoms with E-state index in [-0.39, 0.29) is 17.5 Å². The zero-order chi connectivity index (χ0) is 15.6. The van der Waals surface area contributed by atoms with E-state index in [1.807, 2.05) is 0 Å². The molecule has 1 aromatic rings. The second kappa shape index (κ2) is 5.77. The fourth-order valence-electron chi connectivity index (χ4n) is 2.14. The molecule has 1 aromatic carbocycles. The first-order valence-electron chi connectivity index (χ1n) is 6.31. The minimum absolute atomic E-state index is 0.0723. The summed E-state index contributed by atoms with van der Waals surface area (Å²) >= 11 is 0. The molecular weight excluding hydrogens is 285 g/mol. The van der Waals surface area contributed by atoms with Crippen molar-refractivity contribution < 1.29 is 22.7 Å². The van der Waals surface area contributed by atoms with Crippen molar-refractivity contribution in [1.29, 1.82) is 0 Å². The van der Waals surface area contributed by atoms with Gasteiger partial charge < -0.3 is 15.8 Å². The maximum atomic E-state index is 13.0. The predicted molar refractivity (Wildman–Crippen MR) is 71.8 cm³/mol. The van der Waals surface area contributed by atoms with Crippen molar-refractivity contribution in [2.75, 3.05) is 12.4 Å². The van der Waals surface area contributed by atoms with Crippen molar-refractivity contribution >= 4 is 11.6 Å². The van der Waals surface area contributed by atoms with Crippen LogP contribution < -0.4 is 15.8 Å². The smallest absolute Gasteiger partial charge is 0.418 e. The van der Waals surface area contributed by atoms with Gasteiger partial charge in [-0.05, 0) is 24.6 Å². The Bertz CT molecular complexity index is 570. The number of nitrogens with two attached hydrogens (primary N) is 1. The quantitative estimate of drug-likeness (QED) is 0.843. The van der Waals surface area contributed by atoms with Crippen molar-refractivity contribution in [3.05, 3.63) is 35.9 Å². The predicted octanol–water partition coefficient (Wildman–Crippen LogP) is 2.56. The number of alkyl halides is 3. The van der Waals surface area contributed by atoms with Crippen LogP contribution in [0.2, 0.25) is 0 Å². The van der Waals surface area contributed by atoms with E-state index in [2.05, 4.69) is 5.32 Å². The van der Waals surface area contributed by atoms with Crippen molar-refractivity contribution in [3.8, 4) is 5.75 Å². The van der Waals surface area contributed by atoms with Crippen molar-refractivity contribution in [1.82, 2.24) is 0 Å². The molecule has 0 heterocycles. The molecule has 0 radical (unpaired) electrons. The lowest BCUT2D eigenvalue weighted by Gasteiger charge is -2.16. The number of amides is 1. The minimum atomic E-state index is -4.58. The number of nitrogens with one attached hydrogen (secondary N) is 1. The van der Waals surface area contributed by atoms with Gasteiger partial charge in [0.05, 0.1) is 24.3 Å². The number of methoxy groups -OCH3 is 1. The number of hydrogen-bond acceptors (Lipinski definition) is 3. The van der Waals surface area contributed by atoms with Gasteiger partial charge in [0.15, 0.2) is 0 Å². The zero-order valence-corrected chi connectivity index (χ0v) is 11.3. The molecule has 0 aliphatic heterocycles. The maximum Gasteiger partial charge on any atom is 0.418 e. The highest BCUT2D eigenvalue weighted by Crippen LogP contribution is 2.37. The van der Waals surface area contributed by atoms with Crippen LogP contribution in [0, 0.1) is 5.92 Å². The van der Waals surface area contributed by atoms with E-state index in [9.17, 15) is 18.0 Å². The fraction of sp³-hybridized carbons (Fsp3) is 0.357. The van der Waals surface area contributed by atoms with Crippen molar-refractivity contribution in [2.45, 2.75) is 18.6 Å². The summed E-state index contributed by atoms with van der Waals surface area (Å²) in [4.78, 5) is 12.0. The number of benzene rings is 1. The van der Waals surface area contributed by atoms with Gasteiger partial charge in [-0.15, -0.1) is 0 Å². The topological polar surface area (TPSA) is 64.3 Å². The number of anilines is 1. The first kappa shape index (κ1) is 15.4. The van der Waals surface area contributed by atoms with Gasteiger partial charge in [0, 0.05) is 6.04 Å². The van der Waals surface area contributed by atoms with Gasteiger partial charge in [-0.2, -0.15) is 13.2 Å². The Balaban J connectivity index is 2.23. The van der Waals surface area contributed by atoms with Crippen molar-refractivity contribution in [3.63, 3.8) is 0 Å². The molecule has 2 unspecified atom stereocenters. The van der Waals surface area contributed by atoms with Crippen LogP contribution in [0.4, 0.5) is 18.9 Å². The summed E-state index contributed by atoms with van der Waals surface area (Å²) in [6.45, 7) is 0. The Morgan fingerprint density at radius 3 is 2.62 bits per heavy atom. The van der Waals surface area contributed by atoms with Crippen LogP contribution in [-0.2, 0) is 11.0 Å². The van der Waals surface area contributed by atoms with E-state index in [0.717, 1.165) is 6.07 Å². The van der Waals surface area contributed by atoms with Crippen LogP contribution in [0.15, 0.2) is 30.4 Å². The molecule has 0 bridgehead atoms. The monoisotopic (exact) mass is 300 g/mol. The molecule has 2 atom stereocenters. The number of ether oxygens (including phenoxy) is 1. The van der Waals surface area contributed by atoms with Gasteiger partial charge in [-0.25, -0.2) is 0 Å². The summed E-state index contributed by atoms with van der Waals surface area (Å²) in [5.74, 6) is -0.943. The summed E-state index contributed by atoms with van der Waals surface area (Å²) in [7, 11) is 1.28. The van der Waals surface area contributed by atoms with Gasteiger partial charge >= 0.3 is 6.18 Å². The molecule has 1 amide bonds. The van der Waals surface area contributed by atoms with Crippen LogP contribution in [0.1, 0.15) is 12.0 Å². The third-order valence-corrected chi connectivity index (χ3v) is 3.24. The third kappa shape index (κ3) is 3.55. The molecule has 4 nitrogen and oxygen atoms in total. The first-order valence-corrected chi connectivity index (χ1v) is 6.31. The maximum absolute atomic E-state index is 13.0. The molecule has 2 rings (SSSR count). The number of hydrogen-bond donors (Lipinski definition) is 2. The van der Waals surface area contributed by atoms with Gasteiger partial charge in [-0.3, -0.25) is 4.79 Å². The van der Waals surface area contributed by atoms with Gasteiger partial charge in [0.1, 0.15) is 5.75 Å². The van der Waals surface area contributed by atoms with E-state index in [4.69, 9.17) is 10.5 Å². The van der Waals surface area contributed by atoms with Gasteiger partial charge in [0.25, 0.3) is 0 Å². The lowest BCUT2D eigenvalue weighted by Crippen LogP contribution is -2.25. The summed E-state index contributed by atoms with van der Waals surface area (Å²) in [6, 6.07) is 3.16. The lowest BCUT2D eigenvalue weighted by atomic mass is 10.1. The van der Waals surface area contributed by atoms with Crippen LogP contribution in [0.25, 0.3) is 0 Å². The number of halogens is 3. The average Bonchev–Trinajstić information content (AvgIpc) is 2.84. The molecule has 0 spiro atoms. The SMILES string of the molecule is COc1ccc(NC(=O)C2C=CC(N)C2)c(C(F)(F)F)c1. The largest absolute Gasteiger partial charge is 0.497 e. The first-order chi connectivity index (χ1) is 9.81. The molecule has 7 heteroatoms. The third-order valence-electron chi connectivity index (χ3n) is 3.24. The summed E-state index contributed by atoms with van der Waals surface area (Å²) in [6.07, 6.45) is -0.915. The second-order valence-corrected chi connectivity index (χ2v) is 4.79. The fourth-order valence-corrected chi connectivity index (χ4v) is 2.14. The average molecular weight is 300 g/mol. The standard InChI is InChI=1S/C14H15F3N2O2/c1-21-10-4-5-12(11(7-10)14(15,16)17)19-13(20)8-2-3-9(18)6-8/h2-5,7-9H,6,18H2,1H3,(H,19,20). The molecule has 3 N–H and O–H groups in total. The molecule has 0 saturated carbocycles. The lowest BCUT2D eigenvalue weighted by molar-refractivity contribution is -0.137.